The van der Waals surface area contributed by atoms with Crippen LogP contribution in [0.2, 0.25) is 0 Å². The van der Waals surface area contributed by atoms with Crippen LogP contribution in [0.5, 0.6) is 0 Å². The summed E-state index contributed by atoms with van der Waals surface area (Å²) in [4.78, 5) is 22.9. The topological polar surface area (TPSA) is 63.6 Å². The van der Waals surface area contributed by atoms with E-state index < -0.39 is 5.25 Å². The van der Waals surface area contributed by atoms with Gasteiger partial charge in [0.2, 0.25) is 5.91 Å². The summed E-state index contributed by atoms with van der Waals surface area (Å²) in [6.07, 6.45) is 6.06. The largest absolute Gasteiger partial charge is 0.494 e. The van der Waals surface area contributed by atoms with Crippen molar-refractivity contribution < 1.29 is 9.53 Å². The third kappa shape index (κ3) is 4.99. The number of nitrogens with one attached hydrogen (secondary N) is 1. The van der Waals surface area contributed by atoms with Crippen molar-refractivity contribution in [2.45, 2.75) is 28.5 Å². The van der Waals surface area contributed by atoms with Gasteiger partial charge in [0, 0.05) is 5.39 Å². The molecule has 3 aromatic rings. The Balaban J connectivity index is 1.35. The lowest BCUT2D eigenvalue weighted by molar-refractivity contribution is -0.119. The first-order valence-corrected chi connectivity index (χ1v) is 12.6. The number of hydrogen-bond donors (Lipinski definition) is 1. The van der Waals surface area contributed by atoms with Gasteiger partial charge < -0.3 is 10.1 Å². The zero-order valence-electron chi connectivity index (χ0n) is 18.0. The lowest BCUT2D eigenvalue weighted by atomic mass is 10.1. The second kappa shape index (κ2) is 9.85. The lowest BCUT2D eigenvalue weighted by Crippen LogP contribution is -2.31. The lowest BCUT2D eigenvalue weighted by Gasteiger charge is -2.17. The Morgan fingerprint density at radius 2 is 1.94 bits per heavy atom. The Morgan fingerprint density at radius 3 is 2.79 bits per heavy atom. The van der Waals surface area contributed by atoms with Gasteiger partial charge in [0.15, 0.2) is 5.17 Å². The Labute approximate surface area is 201 Å². The molecule has 0 fully saturated rings. The van der Waals surface area contributed by atoms with E-state index in [2.05, 4.69) is 11.4 Å². The highest BCUT2D eigenvalue weighted by molar-refractivity contribution is 8.14. The van der Waals surface area contributed by atoms with Gasteiger partial charge in [-0.05, 0) is 36.8 Å². The van der Waals surface area contributed by atoms with Gasteiger partial charge >= 0.3 is 0 Å². The van der Waals surface area contributed by atoms with Crippen molar-refractivity contribution in [1.82, 2.24) is 10.3 Å². The number of ether oxygens (including phenoxy) is 1. The first kappa shape index (κ1) is 21.8. The predicted octanol–water partition coefficient (Wildman–Crippen LogP) is 5.51. The van der Waals surface area contributed by atoms with Crippen molar-refractivity contribution in [3.05, 3.63) is 96.3 Å². The average Bonchev–Trinajstić information content (AvgIpc) is 3.24. The van der Waals surface area contributed by atoms with Crippen molar-refractivity contribution >= 4 is 45.5 Å². The Hall–Kier alpha value is -3.03. The van der Waals surface area contributed by atoms with Crippen LogP contribution in [0, 0.1) is 0 Å². The molecule has 2 aromatic carbocycles. The normalized spacial score (nSPS) is 20.0. The number of allylic oxidation sites excluding steroid dienone is 1. The van der Waals surface area contributed by atoms with Crippen LogP contribution in [0.25, 0.3) is 10.9 Å². The Bertz CT molecular complexity index is 1260. The molecule has 0 bridgehead atoms. The minimum Gasteiger partial charge on any atom is -0.494 e. The molecule has 0 spiro atoms. The number of thioether (sulfide) groups is 2. The Kier molecular flexibility index (Phi) is 6.51. The molecule has 1 aliphatic heterocycles. The molecule has 3 atom stereocenters. The minimum absolute atomic E-state index is 0.0134. The summed E-state index contributed by atoms with van der Waals surface area (Å²) in [5, 5.41) is 5.27. The summed E-state index contributed by atoms with van der Waals surface area (Å²) < 4.78 is 5.61. The fourth-order valence-corrected chi connectivity index (χ4v) is 5.86. The molecule has 5 rings (SSSR count). The minimum atomic E-state index is -0.448. The zero-order chi connectivity index (χ0) is 22.6. The van der Waals surface area contributed by atoms with Crippen molar-refractivity contribution in [3.63, 3.8) is 0 Å². The number of amidine groups is 1. The monoisotopic (exact) mass is 473 g/mol. The van der Waals surface area contributed by atoms with Crippen molar-refractivity contribution in [2.24, 2.45) is 4.99 Å². The molecule has 33 heavy (non-hydrogen) atoms. The zero-order valence-corrected chi connectivity index (χ0v) is 19.7. The summed E-state index contributed by atoms with van der Waals surface area (Å²) >= 11 is 3.01. The average molecular weight is 474 g/mol. The van der Waals surface area contributed by atoms with Crippen LogP contribution in [0.4, 0.5) is 0 Å². The van der Waals surface area contributed by atoms with Crippen LogP contribution >= 0.6 is 23.5 Å². The number of benzene rings is 2. The van der Waals surface area contributed by atoms with E-state index in [4.69, 9.17) is 14.7 Å². The number of aliphatic imine (C=N–C) groups is 1. The third-order valence-electron chi connectivity index (χ3n) is 5.33. The van der Waals surface area contributed by atoms with E-state index in [0.717, 1.165) is 27.3 Å². The molecule has 1 aromatic heterocycles. The number of hydrogen-bond acceptors (Lipinski definition) is 6. The van der Waals surface area contributed by atoms with E-state index in [1.807, 2.05) is 85.8 Å². The molecule has 1 N–H and O–H groups in total. The van der Waals surface area contributed by atoms with Gasteiger partial charge in [-0.15, -0.1) is 0 Å². The number of carbonyl (C=O) groups excluding carboxylic acids is 1. The number of para-hydroxylation sites is 1. The van der Waals surface area contributed by atoms with Gasteiger partial charge in [0.05, 0.1) is 28.4 Å². The number of amides is 1. The molecule has 1 amide bonds. The van der Waals surface area contributed by atoms with Crippen LogP contribution in [-0.4, -0.2) is 34.0 Å². The van der Waals surface area contributed by atoms with Gasteiger partial charge in [-0.25, -0.2) is 4.98 Å². The molecule has 7 heteroatoms. The quantitative estimate of drug-likeness (QED) is 0.478. The molecule has 5 nitrogen and oxygen atoms in total. The molecule has 0 radical (unpaired) electrons. The highest BCUT2D eigenvalue weighted by atomic mass is 32.2. The highest BCUT2D eigenvalue weighted by Gasteiger charge is 2.32. The summed E-state index contributed by atoms with van der Waals surface area (Å²) in [6, 6.07) is 21.8. The van der Waals surface area contributed by atoms with Crippen molar-refractivity contribution in [2.75, 3.05) is 6.61 Å². The van der Waals surface area contributed by atoms with E-state index in [9.17, 15) is 4.79 Å². The highest BCUT2D eigenvalue weighted by Crippen LogP contribution is 2.37. The van der Waals surface area contributed by atoms with Gasteiger partial charge in [0.1, 0.15) is 11.0 Å². The fourth-order valence-electron chi connectivity index (χ4n) is 3.76. The maximum Gasteiger partial charge on any atom is 0.243 e. The molecule has 0 unspecified atom stereocenters. The van der Waals surface area contributed by atoms with Crippen LogP contribution in [0.1, 0.15) is 17.7 Å². The van der Waals surface area contributed by atoms with Crippen molar-refractivity contribution in [1.29, 1.82) is 0 Å². The number of nitrogens with zero attached hydrogens (tertiary/aromatic N) is 2. The van der Waals surface area contributed by atoms with Gasteiger partial charge in [-0.3, -0.25) is 9.79 Å². The SMILES string of the molecule is CCOC1=C[C@@H]2SC(NC(=O)[C@@H](Sc3ccc4ccccc4n3)c3ccccc3)=N[C@@H]2C=C1. The number of rotatable bonds is 6. The molecule has 1 aliphatic carbocycles. The molecule has 0 saturated heterocycles. The summed E-state index contributed by atoms with van der Waals surface area (Å²) in [5.74, 6) is 0.748. The maximum atomic E-state index is 13.4. The molecule has 2 heterocycles. The van der Waals surface area contributed by atoms with Crippen LogP contribution in [0.3, 0.4) is 0 Å². The molecule has 166 valence electrons. The van der Waals surface area contributed by atoms with Gasteiger partial charge in [-0.1, -0.05) is 84.2 Å². The summed E-state index contributed by atoms with van der Waals surface area (Å²) in [5.41, 5.74) is 1.84. The van der Waals surface area contributed by atoms with E-state index in [1.165, 1.54) is 11.8 Å². The second-order valence-corrected chi connectivity index (χ2v) is 9.90. The first-order valence-electron chi connectivity index (χ1n) is 10.8. The van der Waals surface area contributed by atoms with Gasteiger partial charge in [0.25, 0.3) is 0 Å². The third-order valence-corrected chi connectivity index (χ3v) is 7.64. The van der Waals surface area contributed by atoms with E-state index in [1.54, 1.807) is 11.8 Å². The molecule has 0 saturated carbocycles. The number of fused-ring (bicyclic) bond motifs is 2. The van der Waals surface area contributed by atoms with E-state index in [-0.39, 0.29) is 17.2 Å². The van der Waals surface area contributed by atoms with Crippen LogP contribution in [-0.2, 0) is 9.53 Å². The van der Waals surface area contributed by atoms with E-state index in [0.29, 0.717) is 11.8 Å². The maximum absolute atomic E-state index is 13.4. The second-order valence-electron chi connectivity index (χ2n) is 7.61. The molecular formula is C26H23N3O2S2. The first-order chi connectivity index (χ1) is 16.2. The number of carbonyl (C=O) groups is 1. The standard InChI is InChI=1S/C26H23N3O2S2/c1-2-31-19-13-14-21-22(16-19)32-26(28-21)29-25(30)24(18-9-4-3-5-10-18)33-23-15-12-17-8-6-7-11-20(17)27-23/h3-16,21-22,24H,2H2,1H3,(H,28,29,30)/t21-,22+,24+/m1/s1. The smallest absolute Gasteiger partial charge is 0.243 e. The number of aromatic nitrogens is 1. The summed E-state index contributed by atoms with van der Waals surface area (Å²) in [6.45, 7) is 2.60. The fraction of sp³-hybridized carbons (Fsp3) is 0.192. The van der Waals surface area contributed by atoms with Crippen LogP contribution in [0.15, 0.2) is 101 Å². The van der Waals surface area contributed by atoms with Crippen molar-refractivity contribution in [3.8, 4) is 0 Å². The van der Waals surface area contributed by atoms with E-state index >= 15 is 0 Å². The summed E-state index contributed by atoms with van der Waals surface area (Å²) in [7, 11) is 0. The predicted molar refractivity (Wildman–Crippen MR) is 136 cm³/mol. The molecule has 2 aliphatic rings. The Morgan fingerprint density at radius 1 is 1.12 bits per heavy atom. The van der Waals surface area contributed by atoms with Gasteiger partial charge in [-0.2, -0.15) is 0 Å². The molecular weight excluding hydrogens is 450 g/mol. The van der Waals surface area contributed by atoms with Crippen LogP contribution < -0.4 is 5.32 Å². The number of pyridine rings is 1.